The van der Waals surface area contributed by atoms with E-state index < -0.39 is 15.1 Å². The van der Waals surface area contributed by atoms with Crippen LogP contribution in [0.3, 0.4) is 0 Å². The molecule has 0 spiro atoms. The zero-order chi connectivity index (χ0) is 12.3. The number of hydrogen-bond donors (Lipinski definition) is 2. The van der Waals surface area contributed by atoms with Gasteiger partial charge in [-0.15, -0.1) is 0 Å². The molecular weight excluding hydrogens is 253 g/mol. The largest absolute Gasteiger partial charge is 0.495 e. The average molecular weight is 259 g/mol. The number of aromatic hydroxyl groups is 1. The first-order valence-electron chi connectivity index (χ1n) is 4.01. The number of fused-ring (bicyclic) bond motifs is 1. The molecule has 0 aliphatic carbocycles. The second-order valence-electron chi connectivity index (χ2n) is 3.37. The normalized spacial score (nSPS) is 17.1. The van der Waals surface area contributed by atoms with Crippen LogP contribution in [-0.2, 0) is 0 Å². The Kier molecular flexibility index (Phi) is 1.58. The van der Waals surface area contributed by atoms with Crippen molar-refractivity contribution in [2.45, 2.75) is 4.90 Å². The van der Waals surface area contributed by atoms with Crippen molar-refractivity contribution < 1.29 is 24.5 Å². The van der Waals surface area contributed by atoms with Crippen LogP contribution in [0, 0.1) is 0 Å². The maximum Gasteiger partial charge on any atom is 0.310 e. The summed E-state index contributed by atoms with van der Waals surface area (Å²) in [6, 6.07) is 2.61. The van der Waals surface area contributed by atoms with Gasteiger partial charge in [-0.2, -0.15) is 0 Å². The van der Waals surface area contributed by atoms with Crippen molar-refractivity contribution in [1.29, 1.82) is 0 Å². The lowest BCUT2D eigenvalue weighted by Crippen LogP contribution is -2.05. The Hall–Kier alpha value is -1.44. The van der Waals surface area contributed by atoms with Gasteiger partial charge in [0.2, 0.25) is 0 Å². The molecule has 0 bridgehead atoms. The van der Waals surface area contributed by atoms with Gasteiger partial charge < -0.3 is 10.1 Å². The molecule has 2 nitrogen and oxygen atoms in total. The summed E-state index contributed by atoms with van der Waals surface area (Å²) in [5.41, 5.74) is -0.191. The lowest BCUT2D eigenvalue weighted by Gasteiger charge is -2.40. The average Bonchev–Trinajstić information content (AvgIpc) is 2.38. The second-order valence-corrected chi connectivity index (χ2v) is 5.78. The van der Waals surface area contributed by atoms with Crippen molar-refractivity contribution >= 4 is 21.1 Å². The molecule has 2 N–H and O–H groups in total. The minimum absolute atomic E-state index is 0.191. The van der Waals surface area contributed by atoms with Crippen LogP contribution in [0.25, 0.3) is 10.9 Å². The highest BCUT2D eigenvalue weighted by Gasteiger charge is 2.65. The molecule has 0 aliphatic rings. The Morgan fingerprint density at radius 1 is 1.00 bits per heavy atom. The Balaban J connectivity index is 2.74. The van der Waals surface area contributed by atoms with E-state index in [4.69, 9.17) is 5.11 Å². The monoisotopic (exact) mass is 259 g/mol. The number of H-pyrrole nitrogens is 1. The van der Waals surface area contributed by atoms with Crippen LogP contribution in [0.15, 0.2) is 29.2 Å². The molecule has 0 radical (unpaired) electrons. The van der Waals surface area contributed by atoms with Gasteiger partial charge in [0.05, 0.1) is 0 Å². The lowest BCUT2D eigenvalue weighted by atomic mass is 10.2. The van der Waals surface area contributed by atoms with Crippen LogP contribution in [0.2, 0.25) is 0 Å². The van der Waals surface area contributed by atoms with Crippen LogP contribution in [0.4, 0.5) is 19.4 Å². The summed E-state index contributed by atoms with van der Waals surface area (Å²) in [4.78, 5) is 0.169. The lowest BCUT2D eigenvalue weighted by molar-refractivity contribution is 0.364. The minimum atomic E-state index is -9.65. The van der Waals surface area contributed by atoms with Crippen molar-refractivity contribution in [3.8, 4) is 5.88 Å². The molecule has 90 valence electrons. The molecule has 0 saturated heterocycles. The number of halogens is 5. The first-order chi connectivity index (χ1) is 6.95. The van der Waals surface area contributed by atoms with E-state index in [2.05, 4.69) is 4.98 Å². The van der Waals surface area contributed by atoms with Gasteiger partial charge in [0.1, 0.15) is 4.90 Å². The van der Waals surface area contributed by atoms with Gasteiger partial charge in [0, 0.05) is 17.0 Å². The van der Waals surface area contributed by atoms with Gasteiger partial charge in [-0.25, -0.2) is 0 Å². The number of hydrogen-bond acceptors (Lipinski definition) is 1. The van der Waals surface area contributed by atoms with E-state index in [0.717, 1.165) is 12.1 Å². The molecule has 1 aromatic carbocycles. The van der Waals surface area contributed by atoms with Crippen molar-refractivity contribution in [3.63, 3.8) is 0 Å². The van der Waals surface area contributed by atoms with Crippen molar-refractivity contribution in [2.24, 2.45) is 0 Å². The summed E-state index contributed by atoms with van der Waals surface area (Å²) < 4.78 is 62.0. The van der Waals surface area contributed by atoms with Gasteiger partial charge in [0.25, 0.3) is 0 Å². The summed E-state index contributed by atoms with van der Waals surface area (Å²) >= 11 is 0. The smallest absolute Gasteiger partial charge is 0.310 e. The maximum absolute atomic E-state index is 12.4. The molecule has 2 rings (SSSR count). The summed E-state index contributed by atoms with van der Waals surface area (Å²) in [6.45, 7) is 0. The molecule has 0 aliphatic heterocycles. The second kappa shape index (κ2) is 2.29. The fourth-order valence-corrected chi connectivity index (χ4v) is 2.00. The van der Waals surface area contributed by atoms with E-state index in [1.165, 1.54) is 0 Å². The van der Waals surface area contributed by atoms with E-state index in [0.29, 0.717) is 6.07 Å². The number of benzene rings is 1. The quantitative estimate of drug-likeness (QED) is 0.725. The molecule has 1 aromatic heterocycles. The molecule has 0 fully saturated rings. The summed E-state index contributed by atoms with van der Waals surface area (Å²) in [7, 11) is -9.65. The zero-order valence-corrected chi connectivity index (χ0v) is 8.37. The SMILES string of the molecule is Oc1cc2ccc(S(F)(F)(F)(F)F)cc2[nH]1. The van der Waals surface area contributed by atoms with Crippen LogP contribution < -0.4 is 0 Å². The first-order valence-corrected chi connectivity index (χ1v) is 5.97. The Labute approximate surface area is 86.4 Å². The van der Waals surface area contributed by atoms with Gasteiger partial charge in [-0.1, -0.05) is 25.5 Å². The topological polar surface area (TPSA) is 36.0 Å². The number of nitrogens with one attached hydrogen (secondary N) is 1. The third-order valence-electron chi connectivity index (χ3n) is 2.03. The number of aromatic nitrogens is 1. The van der Waals surface area contributed by atoms with E-state index in [1.807, 2.05) is 0 Å². The fourth-order valence-electron chi connectivity index (χ4n) is 1.33. The number of rotatable bonds is 1. The van der Waals surface area contributed by atoms with Gasteiger partial charge in [0.15, 0.2) is 5.88 Å². The van der Waals surface area contributed by atoms with Crippen molar-refractivity contribution in [3.05, 3.63) is 24.3 Å². The minimum Gasteiger partial charge on any atom is -0.495 e. The van der Waals surface area contributed by atoms with Gasteiger partial charge in [-0.3, -0.25) is 0 Å². The highest BCUT2D eigenvalue weighted by atomic mass is 32.5. The molecule has 0 unspecified atom stereocenters. The molecule has 8 heteroatoms. The third kappa shape index (κ3) is 1.92. The molecular formula is C8H6F5NOS. The zero-order valence-electron chi connectivity index (χ0n) is 7.55. The molecule has 0 saturated carbocycles. The van der Waals surface area contributed by atoms with Crippen LogP contribution >= 0.6 is 10.2 Å². The highest BCUT2D eigenvalue weighted by molar-refractivity contribution is 8.45. The van der Waals surface area contributed by atoms with Gasteiger partial charge in [-0.05, 0) is 12.1 Å². The standard InChI is InChI=1S/C8H6F5NOS/c9-16(10,11,12,13)6-2-1-5-3-8(15)14-7(5)4-6/h1-4,14-15H. The van der Waals surface area contributed by atoms with Crippen LogP contribution in [0.5, 0.6) is 5.88 Å². The van der Waals surface area contributed by atoms with E-state index in [-0.39, 0.29) is 22.8 Å². The third-order valence-corrected chi connectivity index (χ3v) is 3.17. The van der Waals surface area contributed by atoms with Crippen LogP contribution in [-0.4, -0.2) is 10.1 Å². The Morgan fingerprint density at radius 3 is 2.19 bits per heavy atom. The Bertz CT molecular complexity index is 573. The van der Waals surface area contributed by atoms with Crippen LogP contribution in [0.1, 0.15) is 0 Å². The summed E-state index contributed by atoms with van der Waals surface area (Å²) in [6.07, 6.45) is 0. The maximum atomic E-state index is 12.4. The Morgan fingerprint density at radius 2 is 1.62 bits per heavy atom. The van der Waals surface area contributed by atoms with Crippen molar-refractivity contribution in [2.75, 3.05) is 0 Å². The van der Waals surface area contributed by atoms with E-state index in [9.17, 15) is 19.4 Å². The molecule has 0 amide bonds. The number of aromatic amines is 1. The summed E-state index contributed by atoms with van der Waals surface area (Å²) in [5.74, 6) is -0.380. The van der Waals surface area contributed by atoms with Crippen molar-refractivity contribution in [1.82, 2.24) is 4.98 Å². The van der Waals surface area contributed by atoms with E-state index in [1.54, 1.807) is 0 Å². The molecule has 1 heterocycles. The molecule has 2 aromatic rings. The predicted molar refractivity (Wildman–Crippen MR) is 51.4 cm³/mol. The molecule has 0 atom stereocenters. The van der Waals surface area contributed by atoms with E-state index >= 15 is 0 Å². The predicted octanol–water partition coefficient (Wildman–Crippen LogP) is 4.53. The summed E-state index contributed by atoms with van der Waals surface area (Å²) in [5, 5.41) is 9.19. The highest BCUT2D eigenvalue weighted by Crippen LogP contribution is 3.02. The molecule has 16 heavy (non-hydrogen) atoms. The van der Waals surface area contributed by atoms with Gasteiger partial charge >= 0.3 is 10.2 Å². The fraction of sp³-hybridized carbons (Fsp3) is 0. The first kappa shape index (κ1) is 11.1.